The topological polar surface area (TPSA) is 35.9 Å². The highest BCUT2D eigenvalue weighted by atomic mass is 16.5. The van der Waals surface area contributed by atoms with E-state index in [2.05, 4.69) is 31.9 Å². The van der Waals surface area contributed by atoms with Gasteiger partial charge in [-0.25, -0.2) is 0 Å². The summed E-state index contributed by atoms with van der Waals surface area (Å²) in [4.78, 5) is 2.23. The Morgan fingerprint density at radius 3 is 2.68 bits per heavy atom. The van der Waals surface area contributed by atoms with Gasteiger partial charge in [0, 0.05) is 26.2 Å². The van der Waals surface area contributed by atoms with E-state index in [1.807, 2.05) is 6.07 Å². The van der Waals surface area contributed by atoms with Crippen LogP contribution in [0.15, 0.2) is 12.1 Å². The third-order valence-corrected chi connectivity index (χ3v) is 4.36. The Balaban J connectivity index is 2.74. The van der Waals surface area contributed by atoms with Crippen LogP contribution in [0.25, 0.3) is 0 Å². The van der Waals surface area contributed by atoms with Crippen molar-refractivity contribution in [3.8, 4) is 5.75 Å². The van der Waals surface area contributed by atoms with Crippen LogP contribution in [-0.2, 0) is 5.54 Å². The molecule has 0 saturated carbocycles. The fourth-order valence-electron chi connectivity index (χ4n) is 3.12. The van der Waals surface area contributed by atoms with Crippen molar-refractivity contribution in [1.82, 2.24) is 5.06 Å². The Hall–Kier alpha value is -1.26. The Kier molecular flexibility index (Phi) is 3.74. The Morgan fingerprint density at radius 1 is 1.42 bits per heavy atom. The van der Waals surface area contributed by atoms with Crippen LogP contribution in [0.1, 0.15) is 30.9 Å². The first-order valence-electron chi connectivity index (χ1n) is 6.73. The summed E-state index contributed by atoms with van der Waals surface area (Å²) in [6, 6.07) is 4.08. The number of benzene rings is 1. The molecule has 0 spiro atoms. The SMILES string of the molecule is COc1ccc(C)c2c1N(C)CCCC2(C)N(C)O. The normalized spacial score (nSPS) is 23.2. The first kappa shape index (κ1) is 14.2. The summed E-state index contributed by atoms with van der Waals surface area (Å²) in [6.45, 7) is 5.16. The Labute approximate surface area is 115 Å². The maximum atomic E-state index is 10.2. The summed E-state index contributed by atoms with van der Waals surface area (Å²) in [5.41, 5.74) is 3.08. The van der Waals surface area contributed by atoms with E-state index in [4.69, 9.17) is 4.74 Å². The minimum Gasteiger partial charge on any atom is -0.495 e. The van der Waals surface area contributed by atoms with Gasteiger partial charge < -0.3 is 14.8 Å². The molecule has 2 rings (SSSR count). The van der Waals surface area contributed by atoms with Crippen molar-refractivity contribution in [3.63, 3.8) is 0 Å². The summed E-state index contributed by atoms with van der Waals surface area (Å²) >= 11 is 0. The van der Waals surface area contributed by atoms with Crippen molar-refractivity contribution < 1.29 is 9.94 Å². The second-order valence-corrected chi connectivity index (χ2v) is 5.63. The number of fused-ring (bicyclic) bond motifs is 1. The van der Waals surface area contributed by atoms with E-state index in [0.717, 1.165) is 36.4 Å². The summed E-state index contributed by atoms with van der Waals surface area (Å²) < 4.78 is 5.52. The van der Waals surface area contributed by atoms with Gasteiger partial charge >= 0.3 is 0 Å². The molecule has 0 bridgehead atoms. The molecule has 19 heavy (non-hydrogen) atoms. The van der Waals surface area contributed by atoms with Gasteiger partial charge in [0.25, 0.3) is 0 Å². The van der Waals surface area contributed by atoms with Crippen LogP contribution >= 0.6 is 0 Å². The zero-order chi connectivity index (χ0) is 14.2. The standard InChI is InChI=1S/C15H24N2O2/c1-11-7-8-12(19-5)14-13(11)15(2,17(4)18)9-6-10-16(14)3/h7-8,18H,6,9-10H2,1-5H3. The smallest absolute Gasteiger partial charge is 0.142 e. The van der Waals surface area contributed by atoms with Crippen molar-refractivity contribution >= 4 is 5.69 Å². The molecule has 1 heterocycles. The molecule has 1 aliphatic rings. The first-order valence-corrected chi connectivity index (χ1v) is 6.73. The Bertz CT molecular complexity index is 473. The summed E-state index contributed by atoms with van der Waals surface area (Å²) in [5.74, 6) is 0.873. The second-order valence-electron chi connectivity index (χ2n) is 5.63. The zero-order valence-corrected chi connectivity index (χ0v) is 12.5. The predicted molar refractivity (Wildman–Crippen MR) is 77.1 cm³/mol. The van der Waals surface area contributed by atoms with Gasteiger partial charge in [-0.05, 0) is 38.3 Å². The van der Waals surface area contributed by atoms with Gasteiger partial charge in [-0.1, -0.05) is 6.07 Å². The van der Waals surface area contributed by atoms with Crippen molar-refractivity contribution in [1.29, 1.82) is 0 Å². The van der Waals surface area contributed by atoms with E-state index in [0.29, 0.717) is 0 Å². The van der Waals surface area contributed by atoms with Crippen molar-refractivity contribution in [2.75, 3.05) is 32.6 Å². The molecule has 1 aromatic rings. The lowest BCUT2D eigenvalue weighted by Crippen LogP contribution is -2.39. The molecule has 0 saturated heterocycles. The quantitative estimate of drug-likeness (QED) is 0.833. The molecule has 4 heteroatoms. The monoisotopic (exact) mass is 264 g/mol. The molecule has 0 aromatic heterocycles. The van der Waals surface area contributed by atoms with Gasteiger partial charge in [-0.3, -0.25) is 0 Å². The molecule has 0 radical (unpaired) electrons. The molecule has 1 N–H and O–H groups in total. The lowest BCUT2D eigenvalue weighted by Gasteiger charge is -2.37. The average Bonchev–Trinajstić information content (AvgIpc) is 2.50. The van der Waals surface area contributed by atoms with E-state index in [9.17, 15) is 5.21 Å². The van der Waals surface area contributed by atoms with Crippen molar-refractivity contribution in [2.24, 2.45) is 0 Å². The highest BCUT2D eigenvalue weighted by molar-refractivity contribution is 5.68. The fourth-order valence-corrected chi connectivity index (χ4v) is 3.12. The molecular weight excluding hydrogens is 240 g/mol. The van der Waals surface area contributed by atoms with Crippen LogP contribution in [0.5, 0.6) is 5.75 Å². The molecule has 1 unspecified atom stereocenters. The van der Waals surface area contributed by atoms with Crippen molar-refractivity contribution in [3.05, 3.63) is 23.3 Å². The van der Waals surface area contributed by atoms with E-state index in [1.165, 1.54) is 10.6 Å². The highest BCUT2D eigenvalue weighted by Gasteiger charge is 2.38. The second kappa shape index (κ2) is 5.02. The number of methoxy groups -OCH3 is 1. The largest absolute Gasteiger partial charge is 0.495 e. The zero-order valence-electron chi connectivity index (χ0n) is 12.5. The van der Waals surface area contributed by atoms with Crippen LogP contribution in [0, 0.1) is 6.92 Å². The van der Waals surface area contributed by atoms with E-state index < -0.39 is 0 Å². The van der Waals surface area contributed by atoms with Gasteiger partial charge in [0.1, 0.15) is 5.75 Å². The van der Waals surface area contributed by atoms with Crippen LogP contribution in [0.4, 0.5) is 5.69 Å². The fraction of sp³-hybridized carbons (Fsp3) is 0.600. The molecule has 106 valence electrons. The molecule has 1 aliphatic heterocycles. The van der Waals surface area contributed by atoms with E-state index in [-0.39, 0.29) is 5.54 Å². The minimum atomic E-state index is -0.376. The number of nitrogens with zero attached hydrogens (tertiary/aromatic N) is 2. The number of ether oxygens (including phenoxy) is 1. The maximum absolute atomic E-state index is 10.2. The van der Waals surface area contributed by atoms with Crippen molar-refractivity contribution in [2.45, 2.75) is 32.2 Å². The van der Waals surface area contributed by atoms with E-state index >= 15 is 0 Å². The third-order valence-electron chi connectivity index (χ3n) is 4.36. The van der Waals surface area contributed by atoms with E-state index in [1.54, 1.807) is 14.2 Å². The average molecular weight is 264 g/mol. The first-order chi connectivity index (χ1) is 8.91. The Morgan fingerprint density at radius 2 is 2.11 bits per heavy atom. The van der Waals surface area contributed by atoms with Crippen LogP contribution in [0.2, 0.25) is 0 Å². The molecule has 0 aliphatic carbocycles. The molecule has 0 fully saturated rings. The maximum Gasteiger partial charge on any atom is 0.142 e. The number of hydroxylamine groups is 2. The van der Waals surface area contributed by atoms with Gasteiger partial charge in [0.05, 0.1) is 18.3 Å². The third kappa shape index (κ3) is 2.19. The predicted octanol–water partition coefficient (Wildman–Crippen LogP) is 2.77. The van der Waals surface area contributed by atoms with Gasteiger partial charge in [0.2, 0.25) is 0 Å². The molecular formula is C15H24N2O2. The molecule has 1 aromatic carbocycles. The lowest BCUT2D eigenvalue weighted by atomic mass is 9.84. The number of hydrogen-bond donors (Lipinski definition) is 1. The minimum absolute atomic E-state index is 0.376. The summed E-state index contributed by atoms with van der Waals surface area (Å²) in [5, 5.41) is 11.5. The molecule has 1 atom stereocenters. The number of rotatable bonds is 2. The van der Waals surface area contributed by atoms with Gasteiger partial charge in [-0.2, -0.15) is 5.06 Å². The lowest BCUT2D eigenvalue weighted by molar-refractivity contribution is -0.153. The molecule has 0 amide bonds. The van der Waals surface area contributed by atoms with Crippen LogP contribution < -0.4 is 9.64 Å². The number of aryl methyl sites for hydroxylation is 1. The number of hydrogen-bond acceptors (Lipinski definition) is 4. The van der Waals surface area contributed by atoms with Crippen LogP contribution in [-0.4, -0.2) is 38.0 Å². The summed E-state index contributed by atoms with van der Waals surface area (Å²) in [7, 11) is 5.52. The number of anilines is 1. The molecule has 4 nitrogen and oxygen atoms in total. The van der Waals surface area contributed by atoms with Gasteiger partial charge in [-0.15, -0.1) is 0 Å². The van der Waals surface area contributed by atoms with Gasteiger partial charge in [0.15, 0.2) is 0 Å². The van der Waals surface area contributed by atoms with Crippen LogP contribution in [0.3, 0.4) is 0 Å². The summed E-state index contributed by atoms with van der Waals surface area (Å²) in [6.07, 6.45) is 1.96. The highest BCUT2D eigenvalue weighted by Crippen LogP contribution is 2.45.